The second kappa shape index (κ2) is 6.99. The molecule has 0 saturated carbocycles. The largest absolute Gasteiger partial charge is 0.355 e. The van der Waals surface area contributed by atoms with Gasteiger partial charge in [0.05, 0.1) is 0 Å². The Kier molecular flexibility index (Phi) is 5.06. The molecule has 21 heavy (non-hydrogen) atoms. The Hall–Kier alpha value is -2.20. The highest BCUT2D eigenvalue weighted by atomic mass is 79.9. The number of allylic oxidation sites excluding steroid dienone is 1. The quantitative estimate of drug-likeness (QED) is 0.679. The van der Waals surface area contributed by atoms with Gasteiger partial charge < -0.3 is 5.32 Å². The average molecular weight is 344 g/mol. The summed E-state index contributed by atoms with van der Waals surface area (Å²) in [6.07, 6.45) is 3.26. The molecule has 0 heterocycles. The fourth-order valence-corrected chi connectivity index (χ4v) is 2.20. The van der Waals surface area contributed by atoms with E-state index < -0.39 is 0 Å². The zero-order valence-electron chi connectivity index (χ0n) is 11.5. The Balaban J connectivity index is 2.10. The maximum absolute atomic E-state index is 12.0. The molecule has 1 N–H and O–H groups in total. The Morgan fingerprint density at radius 2 is 1.76 bits per heavy atom. The predicted octanol–water partition coefficient (Wildman–Crippen LogP) is 3.70. The van der Waals surface area contributed by atoms with E-state index in [0.29, 0.717) is 11.1 Å². The van der Waals surface area contributed by atoms with Crippen LogP contribution in [-0.2, 0) is 0 Å². The van der Waals surface area contributed by atoms with Gasteiger partial charge in [-0.1, -0.05) is 46.3 Å². The maximum Gasteiger partial charge on any atom is 0.251 e. The third-order valence-corrected chi connectivity index (χ3v) is 3.43. The van der Waals surface area contributed by atoms with E-state index >= 15 is 0 Å². The normalized spacial score (nSPS) is 10.6. The summed E-state index contributed by atoms with van der Waals surface area (Å²) in [4.78, 5) is 23.4. The van der Waals surface area contributed by atoms with Crippen LogP contribution in [0.4, 0.5) is 0 Å². The molecule has 0 saturated heterocycles. The molecule has 0 bridgehead atoms. The van der Waals surface area contributed by atoms with E-state index in [1.807, 2.05) is 12.1 Å². The van der Waals surface area contributed by atoms with Crippen LogP contribution in [0, 0.1) is 0 Å². The molecule has 2 rings (SSSR count). The number of hydrogen-bond donors (Lipinski definition) is 1. The monoisotopic (exact) mass is 343 g/mol. The summed E-state index contributed by atoms with van der Waals surface area (Å²) in [6, 6.07) is 14.3. The molecule has 3 nitrogen and oxygen atoms in total. The molecule has 0 atom stereocenters. The Morgan fingerprint density at radius 1 is 1.05 bits per heavy atom. The first-order valence-electron chi connectivity index (χ1n) is 6.40. The van der Waals surface area contributed by atoms with Gasteiger partial charge in [-0.05, 0) is 35.9 Å². The van der Waals surface area contributed by atoms with Crippen molar-refractivity contribution >= 4 is 33.7 Å². The van der Waals surface area contributed by atoms with Crippen molar-refractivity contribution in [1.82, 2.24) is 5.32 Å². The lowest BCUT2D eigenvalue weighted by Gasteiger charge is -2.00. The van der Waals surface area contributed by atoms with Crippen LogP contribution < -0.4 is 5.32 Å². The number of rotatable bonds is 4. The van der Waals surface area contributed by atoms with Gasteiger partial charge in [0.2, 0.25) is 0 Å². The molecule has 106 valence electrons. The van der Waals surface area contributed by atoms with Gasteiger partial charge in [0, 0.05) is 22.6 Å². The zero-order valence-corrected chi connectivity index (χ0v) is 13.1. The smallest absolute Gasteiger partial charge is 0.251 e. The lowest BCUT2D eigenvalue weighted by Crippen LogP contribution is -2.17. The van der Waals surface area contributed by atoms with Crippen molar-refractivity contribution in [3.8, 4) is 0 Å². The van der Waals surface area contributed by atoms with E-state index in [9.17, 15) is 9.59 Å². The topological polar surface area (TPSA) is 46.2 Å². The number of hydrogen-bond acceptors (Lipinski definition) is 2. The van der Waals surface area contributed by atoms with Crippen molar-refractivity contribution in [2.75, 3.05) is 7.05 Å². The number of nitrogens with one attached hydrogen (secondary N) is 1. The van der Waals surface area contributed by atoms with Crippen LogP contribution in [0.1, 0.15) is 26.3 Å². The molecule has 4 heteroatoms. The third-order valence-electron chi connectivity index (χ3n) is 2.94. The highest BCUT2D eigenvalue weighted by Crippen LogP contribution is 2.13. The first-order chi connectivity index (χ1) is 10.1. The SMILES string of the molecule is CNC(=O)c1ccc(/C=C/C(=O)c2cccc(Br)c2)cc1. The standard InChI is InChI=1S/C17H14BrNO2/c1-19-17(21)13-8-5-12(6-9-13)7-10-16(20)14-3-2-4-15(18)11-14/h2-11H,1H3,(H,19,21)/b10-7+. The first kappa shape index (κ1) is 15.2. The summed E-state index contributed by atoms with van der Waals surface area (Å²) in [5.74, 6) is -0.192. The minimum Gasteiger partial charge on any atom is -0.355 e. The van der Waals surface area contributed by atoms with Gasteiger partial charge in [-0.3, -0.25) is 9.59 Å². The minimum atomic E-state index is -0.129. The van der Waals surface area contributed by atoms with Gasteiger partial charge in [0.15, 0.2) is 5.78 Å². The van der Waals surface area contributed by atoms with Crippen molar-refractivity contribution in [1.29, 1.82) is 0 Å². The van der Waals surface area contributed by atoms with E-state index in [4.69, 9.17) is 0 Å². The van der Waals surface area contributed by atoms with Crippen LogP contribution in [0.3, 0.4) is 0 Å². The van der Waals surface area contributed by atoms with Gasteiger partial charge in [0.25, 0.3) is 5.91 Å². The van der Waals surface area contributed by atoms with Crippen molar-refractivity contribution in [3.05, 3.63) is 75.8 Å². The third kappa shape index (κ3) is 4.13. The summed E-state index contributed by atoms with van der Waals surface area (Å²) < 4.78 is 0.872. The van der Waals surface area contributed by atoms with Gasteiger partial charge in [-0.25, -0.2) is 0 Å². The first-order valence-corrected chi connectivity index (χ1v) is 7.19. The lowest BCUT2D eigenvalue weighted by molar-refractivity contribution is 0.0962. The molecule has 2 aromatic rings. The van der Waals surface area contributed by atoms with Crippen LogP contribution in [0.5, 0.6) is 0 Å². The van der Waals surface area contributed by atoms with E-state index in [0.717, 1.165) is 10.0 Å². The van der Waals surface area contributed by atoms with E-state index in [-0.39, 0.29) is 11.7 Å². The van der Waals surface area contributed by atoms with Gasteiger partial charge in [-0.15, -0.1) is 0 Å². The summed E-state index contributed by atoms with van der Waals surface area (Å²) in [6.45, 7) is 0. The van der Waals surface area contributed by atoms with Crippen molar-refractivity contribution in [3.63, 3.8) is 0 Å². The van der Waals surface area contributed by atoms with Crippen LogP contribution in [0.25, 0.3) is 6.08 Å². The van der Waals surface area contributed by atoms with Crippen LogP contribution in [0.2, 0.25) is 0 Å². The Labute approximate surface area is 131 Å². The molecule has 0 spiro atoms. The minimum absolute atomic E-state index is 0.0633. The zero-order chi connectivity index (χ0) is 15.2. The van der Waals surface area contributed by atoms with Crippen LogP contribution in [-0.4, -0.2) is 18.7 Å². The van der Waals surface area contributed by atoms with Crippen LogP contribution in [0.15, 0.2) is 59.1 Å². The molecule has 0 fully saturated rings. The second-order valence-corrected chi connectivity index (χ2v) is 5.32. The lowest BCUT2D eigenvalue weighted by atomic mass is 10.1. The number of ketones is 1. The molecule has 0 unspecified atom stereocenters. The van der Waals surface area contributed by atoms with E-state index in [1.54, 1.807) is 49.5 Å². The number of carbonyl (C=O) groups is 2. The highest BCUT2D eigenvalue weighted by Gasteiger charge is 2.03. The number of benzene rings is 2. The number of amides is 1. The summed E-state index contributed by atoms with van der Waals surface area (Å²) in [5.41, 5.74) is 2.08. The summed E-state index contributed by atoms with van der Waals surface area (Å²) in [5, 5.41) is 2.56. The van der Waals surface area contributed by atoms with E-state index in [1.165, 1.54) is 6.08 Å². The van der Waals surface area contributed by atoms with Crippen molar-refractivity contribution in [2.45, 2.75) is 0 Å². The molecule has 0 aromatic heterocycles. The average Bonchev–Trinajstić information content (AvgIpc) is 2.52. The van der Waals surface area contributed by atoms with Crippen molar-refractivity contribution in [2.24, 2.45) is 0 Å². The molecule has 0 aliphatic heterocycles. The number of halogens is 1. The molecule has 0 radical (unpaired) electrons. The molecule has 2 aromatic carbocycles. The maximum atomic E-state index is 12.0. The van der Waals surface area contributed by atoms with Gasteiger partial charge in [-0.2, -0.15) is 0 Å². The highest BCUT2D eigenvalue weighted by molar-refractivity contribution is 9.10. The van der Waals surface area contributed by atoms with Gasteiger partial charge in [0.1, 0.15) is 0 Å². The molecule has 1 amide bonds. The van der Waals surface area contributed by atoms with Crippen molar-refractivity contribution < 1.29 is 9.59 Å². The molecular weight excluding hydrogens is 330 g/mol. The fraction of sp³-hybridized carbons (Fsp3) is 0.0588. The van der Waals surface area contributed by atoms with Crippen LogP contribution >= 0.6 is 15.9 Å². The predicted molar refractivity (Wildman–Crippen MR) is 87.3 cm³/mol. The number of carbonyl (C=O) groups excluding carboxylic acids is 2. The Morgan fingerprint density at radius 3 is 2.38 bits per heavy atom. The molecular formula is C17H14BrNO2. The summed E-state index contributed by atoms with van der Waals surface area (Å²) in [7, 11) is 1.59. The van der Waals surface area contributed by atoms with Gasteiger partial charge >= 0.3 is 0 Å². The Bertz CT molecular complexity index is 690. The van der Waals surface area contributed by atoms with E-state index in [2.05, 4.69) is 21.2 Å². The molecule has 0 aliphatic rings. The fourth-order valence-electron chi connectivity index (χ4n) is 1.80. The summed E-state index contributed by atoms with van der Waals surface area (Å²) >= 11 is 3.34. The molecule has 0 aliphatic carbocycles. The second-order valence-electron chi connectivity index (χ2n) is 4.41.